The van der Waals surface area contributed by atoms with Gasteiger partial charge >= 0.3 is 0 Å². The van der Waals surface area contributed by atoms with Gasteiger partial charge in [-0.3, -0.25) is 9.59 Å². The average Bonchev–Trinajstić information content (AvgIpc) is 2.57. The van der Waals surface area contributed by atoms with E-state index in [0.29, 0.717) is 12.2 Å². The molecule has 0 aliphatic carbocycles. The van der Waals surface area contributed by atoms with Gasteiger partial charge < -0.3 is 15.0 Å². The van der Waals surface area contributed by atoms with Gasteiger partial charge in [0.1, 0.15) is 12.3 Å². The van der Waals surface area contributed by atoms with E-state index in [1.54, 1.807) is 19.2 Å². The number of carbonyl (C=O) groups excluding carboxylic acids is 2. The smallest absolute Gasteiger partial charge is 0.244 e. The summed E-state index contributed by atoms with van der Waals surface area (Å²) in [5.41, 5.74) is 1.62. The zero-order valence-electron chi connectivity index (χ0n) is 13.6. The number of anilines is 1. The van der Waals surface area contributed by atoms with Gasteiger partial charge in [0, 0.05) is 23.6 Å². The average molecular weight is 391 g/mol. The van der Waals surface area contributed by atoms with Crippen molar-refractivity contribution in [3.05, 3.63) is 58.6 Å². The van der Waals surface area contributed by atoms with Gasteiger partial charge in [-0.05, 0) is 42.0 Å². The lowest BCUT2D eigenvalue weighted by Crippen LogP contribution is -2.36. The van der Waals surface area contributed by atoms with Crippen LogP contribution in [0, 0.1) is 0 Å². The number of methoxy groups -OCH3 is 1. The molecule has 0 aliphatic heterocycles. The van der Waals surface area contributed by atoms with Gasteiger partial charge in [-0.15, -0.1) is 0 Å². The van der Waals surface area contributed by atoms with E-state index in [4.69, 9.17) is 4.74 Å². The van der Waals surface area contributed by atoms with Gasteiger partial charge in [-0.25, -0.2) is 0 Å². The summed E-state index contributed by atoms with van der Waals surface area (Å²) in [6.45, 7) is 1.82. The lowest BCUT2D eigenvalue weighted by Gasteiger charge is -2.21. The molecule has 0 aromatic heterocycles. The molecule has 0 fully saturated rings. The predicted octanol–water partition coefficient (Wildman–Crippen LogP) is 3.44. The van der Waals surface area contributed by atoms with Crippen LogP contribution in [0.2, 0.25) is 0 Å². The summed E-state index contributed by atoms with van der Waals surface area (Å²) in [6.07, 6.45) is 0. The maximum absolute atomic E-state index is 12.2. The summed E-state index contributed by atoms with van der Waals surface area (Å²) in [4.78, 5) is 25.5. The molecule has 0 radical (unpaired) electrons. The lowest BCUT2D eigenvalue weighted by molar-refractivity contribution is -0.133. The molecular formula is C18H19BrN2O3. The number of halogens is 1. The van der Waals surface area contributed by atoms with Crippen molar-refractivity contribution < 1.29 is 14.3 Å². The third kappa shape index (κ3) is 5.38. The van der Waals surface area contributed by atoms with Gasteiger partial charge in [-0.1, -0.05) is 28.1 Å². The lowest BCUT2D eigenvalue weighted by atomic mass is 10.2. The highest BCUT2D eigenvalue weighted by Gasteiger charge is 2.14. The number of ether oxygens (including phenoxy) is 1. The third-order valence-corrected chi connectivity index (χ3v) is 3.97. The first-order valence-electron chi connectivity index (χ1n) is 7.42. The molecule has 0 saturated carbocycles. The predicted molar refractivity (Wildman–Crippen MR) is 96.9 cm³/mol. The van der Waals surface area contributed by atoms with Crippen LogP contribution in [0.3, 0.4) is 0 Å². The Bertz CT molecular complexity index is 699. The van der Waals surface area contributed by atoms with Crippen LogP contribution in [0.25, 0.3) is 0 Å². The Kier molecular flexibility index (Phi) is 6.37. The highest BCUT2D eigenvalue weighted by molar-refractivity contribution is 9.10. The number of nitrogens with zero attached hydrogens (tertiary/aromatic N) is 1. The zero-order valence-corrected chi connectivity index (χ0v) is 15.2. The minimum absolute atomic E-state index is 0.00255. The first-order chi connectivity index (χ1) is 11.5. The largest absolute Gasteiger partial charge is 0.497 e. The molecule has 126 valence electrons. The van der Waals surface area contributed by atoms with Crippen LogP contribution in [0.1, 0.15) is 12.5 Å². The summed E-state index contributed by atoms with van der Waals surface area (Å²) < 4.78 is 6.05. The SMILES string of the molecule is COc1ccc(CN(CC(=O)Nc2ccc(Br)cc2)C(C)=O)cc1. The summed E-state index contributed by atoms with van der Waals surface area (Å²) in [5, 5.41) is 2.78. The van der Waals surface area contributed by atoms with Crippen molar-refractivity contribution >= 4 is 33.4 Å². The second-order valence-electron chi connectivity index (χ2n) is 5.28. The molecule has 5 nitrogen and oxygen atoms in total. The summed E-state index contributed by atoms with van der Waals surface area (Å²) in [5.74, 6) is 0.360. The Morgan fingerprint density at radius 1 is 1.08 bits per heavy atom. The van der Waals surface area contributed by atoms with E-state index in [0.717, 1.165) is 15.8 Å². The molecular weight excluding hydrogens is 372 g/mol. The highest BCUT2D eigenvalue weighted by atomic mass is 79.9. The number of hydrogen-bond acceptors (Lipinski definition) is 3. The minimum Gasteiger partial charge on any atom is -0.497 e. The highest BCUT2D eigenvalue weighted by Crippen LogP contribution is 2.15. The van der Waals surface area contributed by atoms with Crippen molar-refractivity contribution in [3.8, 4) is 5.75 Å². The fourth-order valence-electron chi connectivity index (χ4n) is 2.14. The third-order valence-electron chi connectivity index (χ3n) is 3.44. The van der Waals surface area contributed by atoms with E-state index in [2.05, 4.69) is 21.2 Å². The number of rotatable bonds is 6. The minimum atomic E-state index is -0.235. The maximum atomic E-state index is 12.2. The molecule has 1 N–H and O–H groups in total. The van der Waals surface area contributed by atoms with Crippen LogP contribution in [0.4, 0.5) is 5.69 Å². The normalized spacial score (nSPS) is 10.1. The van der Waals surface area contributed by atoms with Crippen molar-refractivity contribution in [3.63, 3.8) is 0 Å². The van der Waals surface area contributed by atoms with Crippen LogP contribution in [-0.2, 0) is 16.1 Å². The van der Waals surface area contributed by atoms with E-state index < -0.39 is 0 Å². The van der Waals surface area contributed by atoms with E-state index >= 15 is 0 Å². The molecule has 2 amide bonds. The molecule has 0 bridgehead atoms. The Hall–Kier alpha value is -2.34. The molecule has 0 spiro atoms. The summed E-state index contributed by atoms with van der Waals surface area (Å²) >= 11 is 3.34. The number of hydrogen-bond donors (Lipinski definition) is 1. The fourth-order valence-corrected chi connectivity index (χ4v) is 2.40. The van der Waals surface area contributed by atoms with Gasteiger partial charge in [0.05, 0.1) is 7.11 Å². The quantitative estimate of drug-likeness (QED) is 0.821. The van der Waals surface area contributed by atoms with E-state index in [-0.39, 0.29) is 18.4 Å². The van der Waals surface area contributed by atoms with Crippen LogP contribution in [0.5, 0.6) is 5.75 Å². The number of nitrogens with one attached hydrogen (secondary N) is 1. The zero-order chi connectivity index (χ0) is 17.5. The molecule has 24 heavy (non-hydrogen) atoms. The van der Waals surface area contributed by atoms with Crippen molar-refractivity contribution in [2.75, 3.05) is 19.0 Å². The second kappa shape index (κ2) is 8.49. The van der Waals surface area contributed by atoms with Crippen LogP contribution in [0.15, 0.2) is 53.0 Å². The Balaban J connectivity index is 1.97. The molecule has 0 saturated heterocycles. The van der Waals surface area contributed by atoms with Crippen LogP contribution in [-0.4, -0.2) is 30.4 Å². The Morgan fingerprint density at radius 2 is 1.71 bits per heavy atom. The van der Waals surface area contributed by atoms with Crippen molar-refractivity contribution in [1.29, 1.82) is 0 Å². The summed E-state index contributed by atoms with van der Waals surface area (Å²) in [6, 6.07) is 14.7. The van der Waals surface area contributed by atoms with Crippen molar-refractivity contribution in [1.82, 2.24) is 4.90 Å². The number of benzene rings is 2. The monoisotopic (exact) mass is 390 g/mol. The van der Waals surface area contributed by atoms with Gasteiger partial charge in [0.15, 0.2) is 0 Å². The maximum Gasteiger partial charge on any atom is 0.244 e. The van der Waals surface area contributed by atoms with Gasteiger partial charge in [-0.2, -0.15) is 0 Å². The molecule has 0 unspecified atom stereocenters. The fraction of sp³-hybridized carbons (Fsp3) is 0.222. The molecule has 2 aromatic carbocycles. The molecule has 2 aromatic rings. The number of amides is 2. The van der Waals surface area contributed by atoms with Gasteiger partial charge in [0.25, 0.3) is 0 Å². The second-order valence-corrected chi connectivity index (χ2v) is 6.19. The van der Waals surface area contributed by atoms with E-state index in [1.165, 1.54) is 11.8 Å². The van der Waals surface area contributed by atoms with Crippen molar-refractivity contribution in [2.24, 2.45) is 0 Å². The first-order valence-corrected chi connectivity index (χ1v) is 8.21. The standard InChI is InChI=1S/C18H19BrN2O3/c1-13(22)21(11-14-3-9-17(24-2)10-4-14)12-18(23)20-16-7-5-15(19)6-8-16/h3-10H,11-12H2,1-2H3,(H,20,23). The molecule has 0 atom stereocenters. The molecule has 6 heteroatoms. The first kappa shape index (κ1) is 18.0. The Morgan fingerprint density at radius 3 is 2.25 bits per heavy atom. The van der Waals surface area contributed by atoms with E-state index in [9.17, 15) is 9.59 Å². The van der Waals surface area contributed by atoms with Crippen LogP contribution < -0.4 is 10.1 Å². The van der Waals surface area contributed by atoms with Gasteiger partial charge in [0.2, 0.25) is 11.8 Å². The molecule has 2 rings (SSSR count). The topological polar surface area (TPSA) is 58.6 Å². The van der Waals surface area contributed by atoms with Crippen LogP contribution >= 0.6 is 15.9 Å². The summed E-state index contributed by atoms with van der Waals surface area (Å²) in [7, 11) is 1.60. The molecule has 0 heterocycles. The van der Waals surface area contributed by atoms with E-state index in [1.807, 2.05) is 36.4 Å². The Labute approximate surface area is 149 Å². The number of carbonyl (C=O) groups is 2. The molecule has 0 aliphatic rings. The van der Waals surface area contributed by atoms with Crippen molar-refractivity contribution in [2.45, 2.75) is 13.5 Å².